The Bertz CT molecular complexity index is 642. The fourth-order valence-electron chi connectivity index (χ4n) is 3.00. The number of rotatable bonds is 5. The second-order valence-corrected chi connectivity index (χ2v) is 7.46. The van der Waals surface area contributed by atoms with Gasteiger partial charge in [-0.05, 0) is 41.9 Å². The first kappa shape index (κ1) is 19.6. The molecule has 1 unspecified atom stereocenters. The molecule has 4 nitrogen and oxygen atoms in total. The highest BCUT2D eigenvalue weighted by atomic mass is 32.2. The van der Waals surface area contributed by atoms with Gasteiger partial charge in [0, 0.05) is 6.42 Å². The highest BCUT2D eigenvalue weighted by molar-refractivity contribution is 7.99. The molecule has 138 valence electrons. The SMILES string of the molecule is CC(CC(=O)NC1(C(=O)O)CCSCC1)c1ccccc1C(F)(F)F. The predicted octanol–water partition coefficient (Wildman–Crippen LogP) is 3.67. The van der Waals surface area contributed by atoms with Gasteiger partial charge in [0.15, 0.2) is 0 Å². The number of benzene rings is 1. The maximum atomic E-state index is 13.1. The van der Waals surface area contributed by atoms with E-state index in [1.165, 1.54) is 25.1 Å². The maximum absolute atomic E-state index is 13.1. The molecular weight excluding hydrogens is 355 g/mol. The summed E-state index contributed by atoms with van der Waals surface area (Å²) in [5.41, 5.74) is -2.04. The number of carbonyl (C=O) groups excluding carboxylic acids is 1. The molecule has 0 spiro atoms. The van der Waals surface area contributed by atoms with Gasteiger partial charge in [-0.25, -0.2) is 4.79 Å². The topological polar surface area (TPSA) is 66.4 Å². The molecule has 1 saturated heterocycles. The fraction of sp³-hybridized carbons (Fsp3) is 0.529. The predicted molar refractivity (Wildman–Crippen MR) is 89.5 cm³/mol. The Hall–Kier alpha value is -1.70. The third-order valence-corrected chi connectivity index (χ3v) is 5.41. The van der Waals surface area contributed by atoms with Crippen LogP contribution in [0.1, 0.15) is 43.2 Å². The molecule has 1 atom stereocenters. The van der Waals surface area contributed by atoms with Crippen LogP contribution in [0, 0.1) is 0 Å². The molecule has 1 aliphatic heterocycles. The number of carboxylic acid groups (broad SMARTS) is 1. The average Bonchev–Trinajstić information content (AvgIpc) is 2.54. The Kier molecular flexibility index (Phi) is 6.03. The van der Waals surface area contributed by atoms with E-state index in [1.807, 2.05) is 0 Å². The summed E-state index contributed by atoms with van der Waals surface area (Å²) in [5, 5.41) is 12.0. The van der Waals surface area contributed by atoms with Crippen molar-refractivity contribution in [2.24, 2.45) is 0 Å². The summed E-state index contributed by atoms with van der Waals surface area (Å²) >= 11 is 1.62. The molecule has 2 rings (SSSR count). The molecule has 1 amide bonds. The van der Waals surface area contributed by atoms with Crippen molar-refractivity contribution >= 4 is 23.6 Å². The van der Waals surface area contributed by atoms with E-state index >= 15 is 0 Å². The van der Waals surface area contributed by atoms with Crippen LogP contribution in [0.5, 0.6) is 0 Å². The molecule has 0 radical (unpaired) electrons. The van der Waals surface area contributed by atoms with Crippen molar-refractivity contribution in [3.63, 3.8) is 0 Å². The van der Waals surface area contributed by atoms with Crippen LogP contribution in [0.4, 0.5) is 13.2 Å². The summed E-state index contributed by atoms with van der Waals surface area (Å²) in [5.74, 6) is -1.07. The fourth-order valence-corrected chi connectivity index (χ4v) is 4.19. The Morgan fingerprint density at radius 2 is 1.88 bits per heavy atom. The van der Waals surface area contributed by atoms with Crippen LogP contribution in [0.15, 0.2) is 24.3 Å². The lowest BCUT2D eigenvalue weighted by Crippen LogP contribution is -2.56. The van der Waals surface area contributed by atoms with Crippen LogP contribution in [0.2, 0.25) is 0 Å². The van der Waals surface area contributed by atoms with E-state index < -0.39 is 35.1 Å². The van der Waals surface area contributed by atoms with Crippen LogP contribution in [0.3, 0.4) is 0 Å². The van der Waals surface area contributed by atoms with Crippen molar-refractivity contribution in [3.8, 4) is 0 Å². The normalized spacial score (nSPS) is 18.4. The number of carbonyl (C=O) groups is 2. The van der Waals surface area contributed by atoms with Gasteiger partial charge >= 0.3 is 12.1 Å². The highest BCUT2D eigenvalue weighted by Crippen LogP contribution is 2.36. The van der Waals surface area contributed by atoms with Gasteiger partial charge in [0.2, 0.25) is 5.91 Å². The van der Waals surface area contributed by atoms with Crippen molar-refractivity contribution in [3.05, 3.63) is 35.4 Å². The molecule has 2 N–H and O–H groups in total. The quantitative estimate of drug-likeness (QED) is 0.824. The zero-order valence-electron chi connectivity index (χ0n) is 13.7. The minimum absolute atomic E-state index is 0.0359. The molecular formula is C17H20F3NO3S. The van der Waals surface area contributed by atoms with Crippen LogP contribution >= 0.6 is 11.8 Å². The van der Waals surface area contributed by atoms with E-state index in [1.54, 1.807) is 11.8 Å². The smallest absolute Gasteiger partial charge is 0.416 e. The number of hydrogen-bond donors (Lipinski definition) is 2. The molecule has 0 saturated carbocycles. The van der Waals surface area contributed by atoms with Gasteiger partial charge in [-0.1, -0.05) is 25.1 Å². The number of amides is 1. The number of carboxylic acids is 1. The summed E-state index contributed by atoms with van der Waals surface area (Å²) < 4.78 is 39.3. The van der Waals surface area contributed by atoms with Crippen molar-refractivity contribution in [1.29, 1.82) is 0 Å². The zero-order valence-corrected chi connectivity index (χ0v) is 14.5. The van der Waals surface area contributed by atoms with Gasteiger partial charge in [0.05, 0.1) is 5.56 Å². The van der Waals surface area contributed by atoms with Gasteiger partial charge in [-0.2, -0.15) is 24.9 Å². The summed E-state index contributed by atoms with van der Waals surface area (Å²) in [6, 6.07) is 5.14. The van der Waals surface area contributed by atoms with Crippen molar-refractivity contribution in [2.75, 3.05) is 11.5 Å². The molecule has 8 heteroatoms. The first-order valence-electron chi connectivity index (χ1n) is 7.94. The molecule has 0 bridgehead atoms. The summed E-state index contributed by atoms with van der Waals surface area (Å²) in [7, 11) is 0. The van der Waals surface area contributed by atoms with Crippen molar-refractivity contribution in [1.82, 2.24) is 5.32 Å². The van der Waals surface area contributed by atoms with Crippen molar-refractivity contribution in [2.45, 2.75) is 43.8 Å². The minimum Gasteiger partial charge on any atom is -0.480 e. The number of nitrogens with one attached hydrogen (secondary N) is 1. The number of hydrogen-bond acceptors (Lipinski definition) is 3. The molecule has 0 aliphatic carbocycles. The second kappa shape index (κ2) is 7.68. The van der Waals surface area contributed by atoms with Gasteiger partial charge in [0.25, 0.3) is 0 Å². The standard InChI is InChI=1S/C17H20F3NO3S/c1-11(12-4-2-3-5-13(12)17(18,19)20)10-14(22)21-16(15(23)24)6-8-25-9-7-16/h2-5,11H,6-10H2,1H3,(H,21,22)(H,23,24). The van der Waals surface area contributed by atoms with E-state index in [2.05, 4.69) is 5.32 Å². The van der Waals surface area contributed by atoms with Gasteiger partial charge in [-0.3, -0.25) is 4.79 Å². The molecule has 1 heterocycles. The molecule has 1 fully saturated rings. The van der Waals surface area contributed by atoms with Crippen molar-refractivity contribution < 1.29 is 27.9 Å². The van der Waals surface area contributed by atoms with E-state index in [4.69, 9.17) is 0 Å². The number of halogens is 3. The van der Waals surface area contributed by atoms with Gasteiger partial charge < -0.3 is 10.4 Å². The lowest BCUT2D eigenvalue weighted by atomic mass is 9.89. The summed E-state index contributed by atoms with van der Waals surface area (Å²) in [4.78, 5) is 23.9. The summed E-state index contributed by atoms with van der Waals surface area (Å²) in [6.45, 7) is 1.54. The Morgan fingerprint density at radius 1 is 1.28 bits per heavy atom. The second-order valence-electron chi connectivity index (χ2n) is 6.24. The number of aliphatic carboxylic acids is 1. The van der Waals surface area contributed by atoms with Gasteiger partial charge in [-0.15, -0.1) is 0 Å². The molecule has 25 heavy (non-hydrogen) atoms. The zero-order chi connectivity index (χ0) is 18.7. The first-order valence-corrected chi connectivity index (χ1v) is 9.09. The largest absolute Gasteiger partial charge is 0.480 e. The van der Waals surface area contributed by atoms with E-state index in [0.29, 0.717) is 24.3 Å². The molecule has 0 aromatic heterocycles. The van der Waals surface area contributed by atoms with E-state index in [0.717, 1.165) is 6.07 Å². The lowest BCUT2D eigenvalue weighted by molar-refractivity contribution is -0.148. The Balaban J connectivity index is 2.12. The summed E-state index contributed by atoms with van der Waals surface area (Å²) in [6.07, 6.45) is -4.07. The van der Waals surface area contributed by atoms with Crippen LogP contribution in [-0.4, -0.2) is 34.0 Å². The van der Waals surface area contributed by atoms with Crippen LogP contribution < -0.4 is 5.32 Å². The number of thioether (sulfide) groups is 1. The first-order chi connectivity index (χ1) is 11.7. The van der Waals surface area contributed by atoms with Gasteiger partial charge in [0.1, 0.15) is 5.54 Å². The lowest BCUT2D eigenvalue weighted by Gasteiger charge is -2.34. The van der Waals surface area contributed by atoms with Crippen LogP contribution in [0.25, 0.3) is 0 Å². The molecule has 1 aromatic carbocycles. The third kappa shape index (κ3) is 4.68. The Labute approximate surface area is 148 Å². The minimum atomic E-state index is -4.50. The number of alkyl halides is 3. The van der Waals surface area contributed by atoms with Crippen LogP contribution in [-0.2, 0) is 15.8 Å². The molecule has 1 aromatic rings. The average molecular weight is 375 g/mol. The molecule has 1 aliphatic rings. The third-order valence-electron chi connectivity index (χ3n) is 4.42. The maximum Gasteiger partial charge on any atom is 0.416 e. The highest BCUT2D eigenvalue weighted by Gasteiger charge is 2.41. The Morgan fingerprint density at radius 3 is 2.44 bits per heavy atom. The van der Waals surface area contributed by atoms with E-state index in [-0.39, 0.29) is 12.0 Å². The monoisotopic (exact) mass is 375 g/mol. The van der Waals surface area contributed by atoms with E-state index in [9.17, 15) is 27.9 Å².